The predicted molar refractivity (Wildman–Crippen MR) is 80.1 cm³/mol. The van der Waals surface area contributed by atoms with E-state index in [-0.39, 0.29) is 5.03 Å². The highest BCUT2D eigenvalue weighted by Crippen LogP contribution is 2.15. The maximum Gasteiger partial charge on any atom is 0.256 e. The molecule has 0 radical (unpaired) electrons. The molecule has 0 aliphatic carbocycles. The fourth-order valence-electron chi connectivity index (χ4n) is 2.01. The molecule has 0 spiro atoms. The van der Waals surface area contributed by atoms with E-state index in [0.717, 1.165) is 5.56 Å². The quantitative estimate of drug-likeness (QED) is 0.941. The van der Waals surface area contributed by atoms with Crippen LogP contribution in [0.25, 0.3) is 0 Å². The lowest BCUT2D eigenvalue weighted by Crippen LogP contribution is -2.41. The largest absolute Gasteiger partial charge is 0.333 e. The van der Waals surface area contributed by atoms with Crippen molar-refractivity contribution in [3.05, 3.63) is 54.2 Å². The zero-order valence-corrected chi connectivity index (χ0v) is 12.8. The van der Waals surface area contributed by atoms with Gasteiger partial charge in [-0.05, 0) is 38.5 Å². The molecule has 20 heavy (non-hydrogen) atoms. The van der Waals surface area contributed by atoms with Gasteiger partial charge in [0, 0.05) is 18.3 Å². The summed E-state index contributed by atoms with van der Waals surface area (Å²) in [5, 5.41) is 0.288. The Hall–Kier alpha value is -1.59. The second kappa shape index (κ2) is 5.42. The normalized spacial score (nSPS) is 12.6. The van der Waals surface area contributed by atoms with E-state index < -0.39 is 15.6 Å². The van der Waals surface area contributed by atoms with E-state index in [4.69, 9.17) is 0 Å². The van der Waals surface area contributed by atoms with Gasteiger partial charge in [0.15, 0.2) is 5.03 Å². The van der Waals surface area contributed by atoms with Crippen LogP contribution in [-0.4, -0.2) is 18.5 Å². The van der Waals surface area contributed by atoms with Crippen LogP contribution in [0.3, 0.4) is 0 Å². The van der Waals surface area contributed by atoms with Gasteiger partial charge in [-0.25, -0.2) is 13.1 Å². The molecule has 0 atom stereocenters. The molecular weight excluding hydrogens is 272 g/mol. The van der Waals surface area contributed by atoms with Gasteiger partial charge in [0.2, 0.25) is 0 Å². The summed E-state index contributed by atoms with van der Waals surface area (Å²) in [6.07, 6.45) is 1.78. The van der Waals surface area contributed by atoms with E-state index in [9.17, 15) is 8.42 Å². The summed E-state index contributed by atoms with van der Waals surface area (Å²) in [5.74, 6) is 0. The van der Waals surface area contributed by atoms with Gasteiger partial charge in [-0.2, -0.15) is 0 Å². The van der Waals surface area contributed by atoms with E-state index in [2.05, 4.69) is 4.72 Å². The standard InChI is InChI=1S/C15H20N2O2S/c1-15(2,3)16-20(18,19)14-10-7-11-17(14)12-13-8-5-4-6-9-13/h4-11,16H,12H2,1-3H3. The zero-order chi connectivity index (χ0) is 14.8. The highest BCUT2D eigenvalue weighted by atomic mass is 32.2. The summed E-state index contributed by atoms with van der Waals surface area (Å²) in [5.41, 5.74) is 0.566. The van der Waals surface area contributed by atoms with E-state index >= 15 is 0 Å². The van der Waals surface area contributed by atoms with Crippen LogP contribution in [0.1, 0.15) is 26.3 Å². The Morgan fingerprint density at radius 2 is 1.70 bits per heavy atom. The first-order valence-electron chi connectivity index (χ1n) is 6.51. The lowest BCUT2D eigenvalue weighted by atomic mass is 10.1. The SMILES string of the molecule is CC(C)(C)NS(=O)(=O)c1cccn1Cc1ccccc1. The van der Waals surface area contributed by atoms with Crippen molar-refractivity contribution in [2.75, 3.05) is 0 Å². The van der Waals surface area contributed by atoms with Crippen LogP contribution in [0.15, 0.2) is 53.7 Å². The fourth-order valence-corrected chi connectivity index (χ4v) is 3.61. The van der Waals surface area contributed by atoms with Crippen LogP contribution >= 0.6 is 0 Å². The van der Waals surface area contributed by atoms with Crippen molar-refractivity contribution in [1.82, 2.24) is 9.29 Å². The minimum absolute atomic E-state index is 0.288. The molecule has 1 aromatic heterocycles. The molecule has 0 aliphatic rings. The van der Waals surface area contributed by atoms with Gasteiger partial charge in [-0.3, -0.25) is 0 Å². The second-order valence-corrected chi connectivity index (χ2v) is 7.44. The first kappa shape index (κ1) is 14.8. The van der Waals surface area contributed by atoms with Crippen molar-refractivity contribution >= 4 is 10.0 Å². The van der Waals surface area contributed by atoms with Crippen LogP contribution in [0.5, 0.6) is 0 Å². The summed E-state index contributed by atoms with van der Waals surface area (Å²) in [6.45, 7) is 6.02. The number of sulfonamides is 1. The molecule has 0 saturated carbocycles. The molecule has 4 nitrogen and oxygen atoms in total. The van der Waals surface area contributed by atoms with E-state index in [1.807, 2.05) is 51.1 Å². The number of benzene rings is 1. The molecule has 2 rings (SSSR count). The lowest BCUT2D eigenvalue weighted by molar-refractivity contribution is 0.486. The highest BCUT2D eigenvalue weighted by Gasteiger charge is 2.24. The summed E-state index contributed by atoms with van der Waals surface area (Å²) in [7, 11) is -3.51. The Morgan fingerprint density at radius 1 is 1.05 bits per heavy atom. The van der Waals surface area contributed by atoms with Crippen LogP contribution < -0.4 is 4.72 Å². The first-order valence-corrected chi connectivity index (χ1v) is 7.99. The molecule has 0 amide bonds. The van der Waals surface area contributed by atoms with Crippen LogP contribution in [0.4, 0.5) is 0 Å². The summed E-state index contributed by atoms with van der Waals surface area (Å²) < 4.78 is 29.2. The van der Waals surface area contributed by atoms with Gasteiger partial charge in [-0.15, -0.1) is 0 Å². The first-order chi connectivity index (χ1) is 9.28. The number of rotatable bonds is 4. The molecule has 0 aliphatic heterocycles. The lowest BCUT2D eigenvalue weighted by Gasteiger charge is -2.21. The molecule has 1 aromatic carbocycles. The monoisotopic (exact) mass is 292 g/mol. The number of hydrogen-bond donors (Lipinski definition) is 1. The van der Waals surface area contributed by atoms with Gasteiger partial charge in [0.25, 0.3) is 10.0 Å². The van der Waals surface area contributed by atoms with Crippen molar-refractivity contribution in [2.24, 2.45) is 0 Å². The molecule has 108 valence electrons. The molecule has 0 saturated heterocycles. The number of aromatic nitrogens is 1. The third kappa shape index (κ3) is 3.71. The van der Waals surface area contributed by atoms with Gasteiger partial charge in [0.05, 0.1) is 0 Å². The van der Waals surface area contributed by atoms with Crippen molar-refractivity contribution in [2.45, 2.75) is 37.9 Å². The van der Waals surface area contributed by atoms with Crippen molar-refractivity contribution in [3.8, 4) is 0 Å². The Bertz CT molecular complexity index is 667. The summed E-state index contributed by atoms with van der Waals surface area (Å²) in [4.78, 5) is 0. The Kier molecular flexibility index (Phi) is 4.01. The number of nitrogens with zero attached hydrogens (tertiary/aromatic N) is 1. The highest BCUT2D eigenvalue weighted by molar-refractivity contribution is 7.89. The molecule has 0 bridgehead atoms. The minimum Gasteiger partial charge on any atom is -0.333 e. The third-order valence-corrected chi connectivity index (χ3v) is 4.50. The second-order valence-electron chi connectivity index (χ2n) is 5.82. The topological polar surface area (TPSA) is 51.1 Å². The Labute approximate surface area is 120 Å². The molecule has 0 unspecified atom stereocenters. The predicted octanol–water partition coefficient (Wildman–Crippen LogP) is 2.61. The van der Waals surface area contributed by atoms with Crippen LogP contribution in [0, 0.1) is 0 Å². The van der Waals surface area contributed by atoms with E-state index in [0.29, 0.717) is 6.54 Å². The minimum atomic E-state index is -3.51. The number of hydrogen-bond acceptors (Lipinski definition) is 2. The third-order valence-electron chi connectivity index (χ3n) is 2.70. The zero-order valence-electron chi connectivity index (χ0n) is 12.0. The molecule has 5 heteroatoms. The molecule has 1 N–H and O–H groups in total. The van der Waals surface area contributed by atoms with Crippen LogP contribution in [-0.2, 0) is 16.6 Å². The van der Waals surface area contributed by atoms with E-state index in [1.165, 1.54) is 0 Å². The molecule has 2 aromatic rings. The average Bonchev–Trinajstić information content (AvgIpc) is 2.76. The van der Waals surface area contributed by atoms with Crippen LogP contribution in [0.2, 0.25) is 0 Å². The summed E-state index contributed by atoms with van der Waals surface area (Å²) in [6, 6.07) is 13.2. The molecule has 1 heterocycles. The smallest absolute Gasteiger partial charge is 0.256 e. The average molecular weight is 292 g/mol. The van der Waals surface area contributed by atoms with Gasteiger partial charge in [-0.1, -0.05) is 30.3 Å². The van der Waals surface area contributed by atoms with Gasteiger partial charge in [0.1, 0.15) is 0 Å². The summed E-state index contributed by atoms with van der Waals surface area (Å²) >= 11 is 0. The number of nitrogens with one attached hydrogen (secondary N) is 1. The molecule has 0 fully saturated rings. The maximum atomic E-state index is 12.4. The Balaban J connectivity index is 2.29. The fraction of sp³-hybridized carbons (Fsp3) is 0.333. The van der Waals surface area contributed by atoms with Gasteiger partial charge >= 0.3 is 0 Å². The van der Waals surface area contributed by atoms with Crippen molar-refractivity contribution < 1.29 is 8.42 Å². The molecular formula is C15H20N2O2S. The van der Waals surface area contributed by atoms with E-state index in [1.54, 1.807) is 22.9 Å². The van der Waals surface area contributed by atoms with Crippen molar-refractivity contribution in [1.29, 1.82) is 0 Å². The van der Waals surface area contributed by atoms with Gasteiger partial charge < -0.3 is 4.57 Å². The maximum absolute atomic E-state index is 12.4. The van der Waals surface area contributed by atoms with Crippen molar-refractivity contribution in [3.63, 3.8) is 0 Å². The Morgan fingerprint density at radius 3 is 2.30 bits per heavy atom.